The van der Waals surface area contributed by atoms with Crippen LogP contribution in [-0.2, 0) is 19.4 Å². The lowest BCUT2D eigenvalue weighted by molar-refractivity contribution is -0.158. The molecule has 0 aromatic heterocycles. The molecule has 15 heavy (non-hydrogen) atoms. The third-order valence-electron chi connectivity index (χ3n) is 2.90. The molecular weight excluding hydrogens is 216 g/mol. The maximum Gasteiger partial charge on any atom is 0.311 e. The normalized spacial score (nSPS) is 25.1. The predicted molar refractivity (Wildman–Crippen MR) is 57.2 cm³/mol. The van der Waals surface area contributed by atoms with E-state index < -0.39 is 21.4 Å². The van der Waals surface area contributed by atoms with Crippen molar-refractivity contribution in [2.24, 2.45) is 5.41 Å². The second-order valence-electron chi connectivity index (χ2n) is 4.67. The van der Waals surface area contributed by atoms with Crippen LogP contribution >= 0.6 is 0 Å². The van der Waals surface area contributed by atoms with Gasteiger partial charge in [0.1, 0.15) is 6.10 Å². The Morgan fingerprint density at radius 2 is 2.07 bits per heavy atom. The number of ether oxygens (including phenoxy) is 1. The first-order valence-corrected chi connectivity index (χ1v) is 7.00. The number of sulfone groups is 1. The van der Waals surface area contributed by atoms with Crippen molar-refractivity contribution in [2.75, 3.05) is 11.5 Å². The molecule has 0 amide bonds. The Morgan fingerprint density at radius 1 is 1.47 bits per heavy atom. The van der Waals surface area contributed by atoms with Crippen LogP contribution in [0.3, 0.4) is 0 Å². The first-order valence-electron chi connectivity index (χ1n) is 5.18. The fourth-order valence-electron chi connectivity index (χ4n) is 1.31. The summed E-state index contributed by atoms with van der Waals surface area (Å²) < 4.78 is 27.5. The van der Waals surface area contributed by atoms with Crippen LogP contribution in [0.5, 0.6) is 0 Å². The van der Waals surface area contributed by atoms with Crippen LogP contribution < -0.4 is 0 Å². The number of carbonyl (C=O) groups is 1. The van der Waals surface area contributed by atoms with E-state index in [1.165, 1.54) is 0 Å². The molecule has 0 bridgehead atoms. The average Bonchev–Trinajstić information content (AvgIpc) is 2.45. The van der Waals surface area contributed by atoms with E-state index >= 15 is 0 Å². The minimum absolute atomic E-state index is 0.0153. The molecule has 0 N–H and O–H groups in total. The van der Waals surface area contributed by atoms with E-state index in [1.807, 2.05) is 6.92 Å². The molecule has 5 heteroatoms. The molecule has 1 atom stereocenters. The van der Waals surface area contributed by atoms with Gasteiger partial charge in [0.05, 0.1) is 16.9 Å². The lowest BCUT2D eigenvalue weighted by Gasteiger charge is -2.22. The summed E-state index contributed by atoms with van der Waals surface area (Å²) in [6.45, 7) is 5.52. The molecule has 88 valence electrons. The van der Waals surface area contributed by atoms with E-state index in [-0.39, 0.29) is 17.5 Å². The number of carbonyl (C=O) groups excluding carboxylic acids is 1. The highest BCUT2D eigenvalue weighted by Gasteiger charge is 2.34. The Morgan fingerprint density at radius 3 is 2.47 bits per heavy atom. The smallest absolute Gasteiger partial charge is 0.311 e. The molecule has 4 nitrogen and oxygen atoms in total. The summed E-state index contributed by atoms with van der Waals surface area (Å²) in [5.41, 5.74) is -0.521. The molecule has 0 aromatic rings. The lowest BCUT2D eigenvalue weighted by atomic mass is 9.90. The summed E-state index contributed by atoms with van der Waals surface area (Å²) in [6, 6.07) is 0. The fourth-order valence-corrected chi connectivity index (χ4v) is 2.90. The highest BCUT2D eigenvalue weighted by atomic mass is 32.2. The summed E-state index contributed by atoms with van der Waals surface area (Å²) in [5.74, 6) is -0.178. The van der Waals surface area contributed by atoms with Gasteiger partial charge in [0.15, 0.2) is 9.84 Å². The Hall–Kier alpha value is -0.580. The van der Waals surface area contributed by atoms with Crippen molar-refractivity contribution >= 4 is 15.8 Å². The molecule has 1 aliphatic heterocycles. The van der Waals surface area contributed by atoms with Gasteiger partial charge in [-0.25, -0.2) is 8.42 Å². The minimum atomic E-state index is -2.97. The zero-order valence-electron chi connectivity index (χ0n) is 9.45. The van der Waals surface area contributed by atoms with Crippen molar-refractivity contribution in [2.45, 2.75) is 39.7 Å². The summed E-state index contributed by atoms with van der Waals surface area (Å²) in [6.07, 6.45) is 0.687. The van der Waals surface area contributed by atoms with Gasteiger partial charge >= 0.3 is 5.97 Å². The average molecular weight is 234 g/mol. The topological polar surface area (TPSA) is 60.4 Å². The van der Waals surface area contributed by atoms with Crippen LogP contribution in [0.1, 0.15) is 33.6 Å². The van der Waals surface area contributed by atoms with Crippen LogP contribution in [-0.4, -0.2) is 32.0 Å². The monoisotopic (exact) mass is 234 g/mol. The van der Waals surface area contributed by atoms with Crippen LogP contribution in [0, 0.1) is 5.41 Å². The van der Waals surface area contributed by atoms with Gasteiger partial charge in [-0.15, -0.1) is 0 Å². The Bertz CT molecular complexity index is 342. The van der Waals surface area contributed by atoms with Gasteiger partial charge in [-0.2, -0.15) is 0 Å². The van der Waals surface area contributed by atoms with Crippen LogP contribution in [0.15, 0.2) is 0 Å². The largest absolute Gasteiger partial charge is 0.461 e. The van der Waals surface area contributed by atoms with Gasteiger partial charge in [-0.3, -0.25) is 4.79 Å². The highest BCUT2D eigenvalue weighted by Crippen LogP contribution is 2.24. The van der Waals surface area contributed by atoms with Gasteiger partial charge in [0, 0.05) is 0 Å². The van der Waals surface area contributed by atoms with Crippen LogP contribution in [0.4, 0.5) is 0 Å². The zero-order chi connectivity index (χ0) is 11.7. The van der Waals surface area contributed by atoms with E-state index in [0.717, 1.165) is 0 Å². The predicted octanol–water partition coefficient (Wildman–Crippen LogP) is 1.15. The van der Waals surface area contributed by atoms with E-state index in [1.54, 1.807) is 13.8 Å². The van der Waals surface area contributed by atoms with Crippen molar-refractivity contribution in [3.8, 4) is 0 Å². The van der Waals surface area contributed by atoms with Crippen molar-refractivity contribution in [1.82, 2.24) is 0 Å². The molecule has 0 spiro atoms. The van der Waals surface area contributed by atoms with E-state index in [4.69, 9.17) is 4.74 Å². The molecule has 0 unspecified atom stereocenters. The Labute approximate surface area is 90.9 Å². The molecule has 0 radical (unpaired) electrons. The molecule has 0 aliphatic carbocycles. The molecule has 1 heterocycles. The molecule has 1 rings (SSSR count). The van der Waals surface area contributed by atoms with Gasteiger partial charge in [0.25, 0.3) is 0 Å². The standard InChI is InChI=1S/C10H18O4S/c1-4-10(2,3)9(11)14-8-5-6-15(12,13)7-8/h8H,4-7H2,1-3H3/t8-/m1/s1. The van der Waals surface area contributed by atoms with Crippen molar-refractivity contribution in [3.63, 3.8) is 0 Å². The summed E-state index contributed by atoms with van der Waals surface area (Å²) in [7, 11) is -2.97. The Balaban J connectivity index is 2.54. The summed E-state index contributed by atoms with van der Waals surface area (Å²) >= 11 is 0. The molecular formula is C10H18O4S. The quantitative estimate of drug-likeness (QED) is 0.687. The third kappa shape index (κ3) is 3.19. The van der Waals surface area contributed by atoms with Gasteiger partial charge in [-0.05, 0) is 26.7 Å². The second-order valence-corrected chi connectivity index (χ2v) is 6.90. The van der Waals surface area contributed by atoms with Crippen LogP contribution in [0.2, 0.25) is 0 Å². The number of hydrogen-bond acceptors (Lipinski definition) is 4. The SMILES string of the molecule is CCC(C)(C)C(=O)O[C@@H]1CCS(=O)(=O)C1. The first kappa shape index (κ1) is 12.5. The van der Waals surface area contributed by atoms with E-state index in [2.05, 4.69) is 0 Å². The maximum atomic E-state index is 11.6. The number of hydrogen-bond donors (Lipinski definition) is 0. The molecule has 1 fully saturated rings. The first-order chi connectivity index (χ1) is 6.77. The van der Waals surface area contributed by atoms with E-state index in [0.29, 0.717) is 12.8 Å². The molecule has 0 saturated carbocycles. The van der Waals surface area contributed by atoms with Gasteiger partial charge < -0.3 is 4.74 Å². The third-order valence-corrected chi connectivity index (χ3v) is 4.64. The van der Waals surface area contributed by atoms with Crippen molar-refractivity contribution in [3.05, 3.63) is 0 Å². The number of esters is 1. The number of rotatable bonds is 3. The van der Waals surface area contributed by atoms with Gasteiger partial charge in [0.2, 0.25) is 0 Å². The summed E-state index contributed by atoms with van der Waals surface area (Å²) in [5, 5.41) is 0. The fraction of sp³-hybridized carbons (Fsp3) is 0.900. The van der Waals surface area contributed by atoms with Crippen LogP contribution in [0.25, 0.3) is 0 Å². The highest BCUT2D eigenvalue weighted by molar-refractivity contribution is 7.91. The minimum Gasteiger partial charge on any atom is -0.461 e. The van der Waals surface area contributed by atoms with Crippen molar-refractivity contribution in [1.29, 1.82) is 0 Å². The molecule has 0 aromatic carbocycles. The van der Waals surface area contributed by atoms with Gasteiger partial charge in [-0.1, -0.05) is 6.92 Å². The lowest BCUT2D eigenvalue weighted by Crippen LogP contribution is -2.30. The van der Waals surface area contributed by atoms with Crippen molar-refractivity contribution < 1.29 is 17.9 Å². The summed E-state index contributed by atoms with van der Waals surface area (Å²) in [4.78, 5) is 11.6. The Kier molecular flexibility index (Phi) is 3.43. The maximum absolute atomic E-state index is 11.6. The molecule has 1 aliphatic rings. The second kappa shape index (κ2) is 4.12. The van der Waals surface area contributed by atoms with E-state index in [9.17, 15) is 13.2 Å². The zero-order valence-corrected chi connectivity index (χ0v) is 10.3. The molecule has 1 saturated heterocycles.